The molecule has 0 saturated heterocycles. The third kappa shape index (κ3) is 6.62. The molecule has 1 amide bonds. The number of aliphatic carboxylic acids is 1. The summed E-state index contributed by atoms with van der Waals surface area (Å²) < 4.78 is 15.2. The topological polar surface area (TPSA) is 94.1 Å². The number of carbonyl (C=O) groups is 2. The summed E-state index contributed by atoms with van der Waals surface area (Å²) in [6.45, 7) is -0.0383. The van der Waals surface area contributed by atoms with Crippen LogP contribution in [0.5, 0.6) is 11.5 Å². The van der Waals surface area contributed by atoms with Crippen molar-refractivity contribution in [3.05, 3.63) is 24.3 Å². The first-order valence-corrected chi connectivity index (χ1v) is 6.33. The first-order chi connectivity index (χ1) is 10.0. The van der Waals surface area contributed by atoms with E-state index in [1.54, 1.807) is 31.4 Å². The Morgan fingerprint density at radius 2 is 1.81 bits per heavy atom. The molecule has 116 valence electrons. The lowest BCUT2D eigenvalue weighted by Gasteiger charge is -2.14. The SMILES string of the molecule is COc1ccc(OCC(=O)NCC(CC(=O)O)OC)cc1. The number of rotatable bonds is 9. The molecular weight excluding hydrogens is 278 g/mol. The summed E-state index contributed by atoms with van der Waals surface area (Å²) in [5, 5.41) is 11.2. The first-order valence-electron chi connectivity index (χ1n) is 6.33. The van der Waals surface area contributed by atoms with Crippen LogP contribution in [0, 0.1) is 0 Å². The van der Waals surface area contributed by atoms with Crippen LogP contribution >= 0.6 is 0 Å². The van der Waals surface area contributed by atoms with Gasteiger partial charge in [0.05, 0.1) is 19.6 Å². The highest BCUT2D eigenvalue weighted by atomic mass is 16.5. The second-order valence-corrected chi connectivity index (χ2v) is 4.22. The molecule has 0 saturated carbocycles. The number of methoxy groups -OCH3 is 2. The van der Waals surface area contributed by atoms with Crippen LogP contribution < -0.4 is 14.8 Å². The van der Waals surface area contributed by atoms with Crippen molar-refractivity contribution in [1.82, 2.24) is 5.32 Å². The molecule has 0 aliphatic rings. The molecule has 2 N–H and O–H groups in total. The molecule has 1 unspecified atom stereocenters. The van der Waals surface area contributed by atoms with Gasteiger partial charge in [0.2, 0.25) is 0 Å². The summed E-state index contributed by atoms with van der Waals surface area (Å²) in [6.07, 6.45) is -0.733. The van der Waals surface area contributed by atoms with Crippen LogP contribution in [0.25, 0.3) is 0 Å². The predicted molar refractivity (Wildman–Crippen MR) is 74.5 cm³/mol. The van der Waals surface area contributed by atoms with Crippen LogP contribution in [0.15, 0.2) is 24.3 Å². The third-order valence-electron chi connectivity index (χ3n) is 2.69. The number of carbonyl (C=O) groups excluding carboxylic acids is 1. The molecule has 1 atom stereocenters. The minimum absolute atomic E-state index is 0.119. The first kappa shape index (κ1) is 16.8. The van der Waals surface area contributed by atoms with Gasteiger partial charge >= 0.3 is 5.97 Å². The normalized spacial score (nSPS) is 11.5. The molecule has 7 heteroatoms. The maximum absolute atomic E-state index is 11.6. The van der Waals surface area contributed by atoms with Gasteiger partial charge in [0.25, 0.3) is 5.91 Å². The van der Waals surface area contributed by atoms with Crippen LogP contribution in [-0.4, -0.2) is 50.5 Å². The molecule has 1 rings (SSSR count). The number of amides is 1. The summed E-state index contributed by atoms with van der Waals surface area (Å²) in [7, 11) is 2.96. The van der Waals surface area contributed by atoms with Crippen molar-refractivity contribution in [2.45, 2.75) is 12.5 Å². The molecule has 1 aromatic carbocycles. The maximum Gasteiger partial charge on any atom is 0.306 e. The second kappa shape index (κ2) is 8.80. The van der Waals surface area contributed by atoms with Crippen LogP contribution in [-0.2, 0) is 14.3 Å². The molecule has 21 heavy (non-hydrogen) atoms. The van der Waals surface area contributed by atoms with Crippen LogP contribution in [0.1, 0.15) is 6.42 Å². The number of nitrogens with one attached hydrogen (secondary N) is 1. The van der Waals surface area contributed by atoms with E-state index in [0.29, 0.717) is 11.5 Å². The largest absolute Gasteiger partial charge is 0.497 e. The molecular formula is C14H19NO6. The number of ether oxygens (including phenoxy) is 3. The Hall–Kier alpha value is -2.28. The van der Waals surface area contributed by atoms with Gasteiger partial charge in [-0.05, 0) is 24.3 Å². The van der Waals surface area contributed by atoms with Crippen molar-refractivity contribution in [3.8, 4) is 11.5 Å². The Bertz CT molecular complexity index is 459. The molecule has 0 spiro atoms. The number of carboxylic acid groups (broad SMARTS) is 1. The fourth-order valence-electron chi connectivity index (χ4n) is 1.53. The van der Waals surface area contributed by atoms with Crippen molar-refractivity contribution in [2.75, 3.05) is 27.4 Å². The Morgan fingerprint density at radius 3 is 2.33 bits per heavy atom. The van der Waals surface area contributed by atoms with E-state index in [-0.39, 0.29) is 25.5 Å². The standard InChI is InChI=1S/C14H19NO6/c1-19-10-3-5-11(6-4-10)21-9-13(16)15-8-12(20-2)7-14(17)18/h3-6,12H,7-9H2,1-2H3,(H,15,16)(H,17,18). The fourth-order valence-corrected chi connectivity index (χ4v) is 1.53. The monoisotopic (exact) mass is 297 g/mol. The highest BCUT2D eigenvalue weighted by molar-refractivity contribution is 5.77. The van der Waals surface area contributed by atoms with Crippen LogP contribution in [0.2, 0.25) is 0 Å². The molecule has 0 fully saturated rings. The molecule has 0 aromatic heterocycles. The van der Waals surface area contributed by atoms with Crippen LogP contribution in [0.3, 0.4) is 0 Å². The van der Waals surface area contributed by atoms with E-state index in [2.05, 4.69) is 5.32 Å². The Labute approximate surface area is 122 Å². The van der Waals surface area contributed by atoms with Gasteiger partial charge in [0.15, 0.2) is 6.61 Å². The number of hydrogen-bond donors (Lipinski definition) is 2. The fraction of sp³-hybridized carbons (Fsp3) is 0.429. The van der Waals surface area contributed by atoms with Gasteiger partial charge in [0, 0.05) is 13.7 Å². The zero-order chi connectivity index (χ0) is 15.7. The molecule has 7 nitrogen and oxygen atoms in total. The van der Waals surface area contributed by atoms with Gasteiger partial charge in [-0.1, -0.05) is 0 Å². The van der Waals surface area contributed by atoms with E-state index in [1.165, 1.54) is 7.11 Å². The number of carboxylic acids is 1. The molecule has 0 aliphatic carbocycles. The van der Waals surface area contributed by atoms with E-state index in [4.69, 9.17) is 19.3 Å². The van der Waals surface area contributed by atoms with E-state index in [1.807, 2.05) is 0 Å². The lowest BCUT2D eigenvalue weighted by Crippen LogP contribution is -2.37. The minimum atomic E-state index is -0.981. The average molecular weight is 297 g/mol. The van der Waals surface area contributed by atoms with Crippen molar-refractivity contribution >= 4 is 11.9 Å². The molecule has 0 radical (unpaired) electrons. The van der Waals surface area contributed by atoms with Gasteiger partial charge in [-0.15, -0.1) is 0 Å². The van der Waals surface area contributed by atoms with Crippen molar-refractivity contribution in [3.63, 3.8) is 0 Å². The highest BCUT2D eigenvalue weighted by Gasteiger charge is 2.13. The van der Waals surface area contributed by atoms with E-state index in [9.17, 15) is 9.59 Å². The van der Waals surface area contributed by atoms with Crippen LogP contribution in [0.4, 0.5) is 0 Å². The summed E-state index contributed by atoms with van der Waals surface area (Å²) in [5.74, 6) is -0.0907. The maximum atomic E-state index is 11.6. The highest BCUT2D eigenvalue weighted by Crippen LogP contribution is 2.16. The number of hydrogen-bond acceptors (Lipinski definition) is 5. The van der Waals surface area contributed by atoms with Crippen molar-refractivity contribution in [1.29, 1.82) is 0 Å². The lowest BCUT2D eigenvalue weighted by molar-refractivity contribution is -0.140. The smallest absolute Gasteiger partial charge is 0.306 e. The van der Waals surface area contributed by atoms with Gasteiger partial charge in [0.1, 0.15) is 11.5 Å². The van der Waals surface area contributed by atoms with Gasteiger partial charge in [-0.3, -0.25) is 9.59 Å². The second-order valence-electron chi connectivity index (χ2n) is 4.22. The summed E-state index contributed by atoms with van der Waals surface area (Å²) in [4.78, 5) is 22.1. The van der Waals surface area contributed by atoms with Crippen molar-refractivity contribution in [2.24, 2.45) is 0 Å². The Kier molecular flexibility index (Phi) is 7.03. The molecule has 1 aromatic rings. The zero-order valence-corrected chi connectivity index (χ0v) is 12.0. The quantitative estimate of drug-likeness (QED) is 0.696. The lowest BCUT2D eigenvalue weighted by atomic mass is 10.2. The Morgan fingerprint density at radius 1 is 1.19 bits per heavy atom. The summed E-state index contributed by atoms with van der Waals surface area (Å²) in [5.41, 5.74) is 0. The number of benzene rings is 1. The van der Waals surface area contributed by atoms with Gasteiger partial charge in [-0.25, -0.2) is 0 Å². The summed E-state index contributed by atoms with van der Waals surface area (Å²) in [6, 6.07) is 6.82. The summed E-state index contributed by atoms with van der Waals surface area (Å²) >= 11 is 0. The molecule has 0 bridgehead atoms. The van der Waals surface area contributed by atoms with Crippen molar-refractivity contribution < 1.29 is 28.9 Å². The van der Waals surface area contributed by atoms with Gasteiger partial charge in [-0.2, -0.15) is 0 Å². The third-order valence-corrected chi connectivity index (χ3v) is 2.69. The van der Waals surface area contributed by atoms with E-state index < -0.39 is 12.1 Å². The average Bonchev–Trinajstić information content (AvgIpc) is 2.49. The van der Waals surface area contributed by atoms with Gasteiger partial charge < -0.3 is 24.6 Å². The Balaban J connectivity index is 2.31. The molecule has 0 aliphatic heterocycles. The minimum Gasteiger partial charge on any atom is -0.497 e. The molecule has 0 heterocycles. The van der Waals surface area contributed by atoms with E-state index in [0.717, 1.165) is 0 Å². The van der Waals surface area contributed by atoms with E-state index >= 15 is 0 Å². The predicted octanol–water partition coefficient (Wildman–Crippen LogP) is 0.680. The zero-order valence-electron chi connectivity index (χ0n) is 12.0.